The Balaban J connectivity index is 1.76. The largest absolute Gasteiger partial charge is 0.323 e. The number of rotatable bonds is 7. The van der Waals surface area contributed by atoms with Crippen LogP contribution in [0.1, 0.15) is 0 Å². The predicted octanol–water partition coefficient (Wildman–Crippen LogP) is 5.45. The first-order valence-electron chi connectivity index (χ1n) is 8.26. The maximum absolute atomic E-state index is 13.7. The average molecular weight is 455 g/mol. The van der Waals surface area contributed by atoms with E-state index in [0.717, 1.165) is 23.9 Å². The molecule has 0 saturated heterocycles. The number of carbonyl (C=O) groups excluding carboxylic acids is 1. The Morgan fingerprint density at radius 1 is 1.21 bits per heavy atom. The van der Waals surface area contributed by atoms with Crippen LogP contribution in [0.3, 0.4) is 0 Å². The Morgan fingerprint density at radius 3 is 2.69 bits per heavy atom. The van der Waals surface area contributed by atoms with E-state index in [1.165, 1.54) is 0 Å². The molecule has 150 valence electrons. The Hall–Kier alpha value is -2.42. The third-order valence-electron chi connectivity index (χ3n) is 3.74. The standard InChI is InChI=1S/C19H14Cl2F2N4OS/c1-2-7-27-18(13-5-3-11(20)8-14(13)21)25-26-19(27)29-10-17(28)24-16-6-4-12(22)9-15(16)23/h2-6,8-9H,1,7,10H2,(H,24,28). The molecule has 0 saturated carbocycles. The van der Waals surface area contributed by atoms with Gasteiger partial charge in [-0.25, -0.2) is 8.78 Å². The summed E-state index contributed by atoms with van der Waals surface area (Å²) in [5, 5.41) is 12.0. The Labute approximate surface area is 179 Å². The second-order valence-corrected chi connectivity index (χ2v) is 7.58. The number of hydrogen-bond acceptors (Lipinski definition) is 4. The second-order valence-electron chi connectivity index (χ2n) is 5.79. The van der Waals surface area contributed by atoms with E-state index in [1.54, 1.807) is 28.8 Å². The molecule has 3 rings (SSSR count). The van der Waals surface area contributed by atoms with Gasteiger partial charge in [-0.15, -0.1) is 16.8 Å². The quantitative estimate of drug-likeness (QED) is 0.381. The highest BCUT2D eigenvalue weighted by atomic mass is 35.5. The third-order valence-corrected chi connectivity index (χ3v) is 5.25. The molecular weight excluding hydrogens is 441 g/mol. The maximum atomic E-state index is 13.7. The molecule has 1 N–H and O–H groups in total. The summed E-state index contributed by atoms with van der Waals surface area (Å²) in [4.78, 5) is 12.2. The van der Waals surface area contributed by atoms with Crippen LogP contribution in [0.15, 0.2) is 54.2 Å². The van der Waals surface area contributed by atoms with Crippen LogP contribution in [0.4, 0.5) is 14.5 Å². The second kappa shape index (κ2) is 9.39. The normalized spacial score (nSPS) is 10.8. The summed E-state index contributed by atoms with van der Waals surface area (Å²) in [6, 6.07) is 7.94. The Kier molecular flexibility index (Phi) is 6.89. The van der Waals surface area contributed by atoms with Gasteiger partial charge in [0.1, 0.15) is 11.6 Å². The molecule has 5 nitrogen and oxygen atoms in total. The van der Waals surface area contributed by atoms with Crippen molar-refractivity contribution in [1.82, 2.24) is 14.8 Å². The fourth-order valence-electron chi connectivity index (χ4n) is 2.47. The highest BCUT2D eigenvalue weighted by Gasteiger charge is 2.17. The highest BCUT2D eigenvalue weighted by Crippen LogP contribution is 2.31. The number of allylic oxidation sites excluding steroid dienone is 1. The number of carbonyl (C=O) groups is 1. The van der Waals surface area contributed by atoms with E-state index >= 15 is 0 Å². The van der Waals surface area contributed by atoms with Gasteiger partial charge in [0.25, 0.3) is 0 Å². The zero-order chi connectivity index (χ0) is 21.0. The van der Waals surface area contributed by atoms with E-state index in [-0.39, 0.29) is 11.4 Å². The van der Waals surface area contributed by atoms with E-state index in [0.29, 0.717) is 39.2 Å². The smallest absolute Gasteiger partial charge is 0.234 e. The van der Waals surface area contributed by atoms with E-state index in [2.05, 4.69) is 22.1 Å². The summed E-state index contributed by atoms with van der Waals surface area (Å²) >= 11 is 13.3. The zero-order valence-electron chi connectivity index (χ0n) is 14.8. The molecule has 2 aromatic carbocycles. The fraction of sp³-hybridized carbons (Fsp3) is 0.105. The number of thioether (sulfide) groups is 1. The number of nitrogens with one attached hydrogen (secondary N) is 1. The lowest BCUT2D eigenvalue weighted by Gasteiger charge is -2.09. The lowest BCUT2D eigenvalue weighted by molar-refractivity contribution is -0.113. The number of nitrogens with zero attached hydrogens (tertiary/aromatic N) is 3. The van der Waals surface area contributed by atoms with Gasteiger partial charge < -0.3 is 5.32 Å². The number of amides is 1. The first-order chi connectivity index (χ1) is 13.9. The van der Waals surface area contributed by atoms with Crippen molar-refractivity contribution >= 4 is 46.6 Å². The third kappa shape index (κ3) is 5.14. The summed E-state index contributed by atoms with van der Waals surface area (Å²) in [7, 11) is 0. The average Bonchev–Trinajstić information content (AvgIpc) is 3.05. The fourth-order valence-corrected chi connectivity index (χ4v) is 3.71. The minimum atomic E-state index is -0.849. The van der Waals surface area contributed by atoms with Crippen molar-refractivity contribution in [1.29, 1.82) is 0 Å². The van der Waals surface area contributed by atoms with Gasteiger partial charge in [0, 0.05) is 23.2 Å². The van der Waals surface area contributed by atoms with Crippen LogP contribution in [-0.4, -0.2) is 26.4 Å². The molecule has 0 aliphatic rings. The van der Waals surface area contributed by atoms with Crippen LogP contribution >= 0.6 is 35.0 Å². The first kappa shape index (κ1) is 21.3. The van der Waals surface area contributed by atoms with Crippen molar-refractivity contribution in [3.8, 4) is 11.4 Å². The van der Waals surface area contributed by atoms with Crippen molar-refractivity contribution < 1.29 is 13.6 Å². The van der Waals surface area contributed by atoms with Gasteiger partial charge in [-0.2, -0.15) is 0 Å². The highest BCUT2D eigenvalue weighted by molar-refractivity contribution is 7.99. The molecule has 0 aliphatic heterocycles. The van der Waals surface area contributed by atoms with E-state index in [1.807, 2.05) is 0 Å². The molecule has 0 bridgehead atoms. The van der Waals surface area contributed by atoms with Crippen LogP contribution in [0.2, 0.25) is 10.0 Å². The number of halogens is 4. The summed E-state index contributed by atoms with van der Waals surface area (Å²) in [5.74, 6) is -1.60. The summed E-state index contributed by atoms with van der Waals surface area (Å²) in [6.45, 7) is 4.11. The van der Waals surface area contributed by atoms with Crippen LogP contribution in [0.5, 0.6) is 0 Å². The molecule has 1 aromatic heterocycles. The molecule has 29 heavy (non-hydrogen) atoms. The number of hydrogen-bond donors (Lipinski definition) is 1. The maximum Gasteiger partial charge on any atom is 0.234 e. The molecular formula is C19H14Cl2F2N4OS. The number of benzene rings is 2. The molecule has 3 aromatic rings. The first-order valence-corrected chi connectivity index (χ1v) is 10.0. The van der Waals surface area contributed by atoms with Gasteiger partial charge in [0.15, 0.2) is 11.0 Å². The molecule has 1 amide bonds. The van der Waals surface area contributed by atoms with Crippen molar-refractivity contribution in [3.63, 3.8) is 0 Å². The van der Waals surface area contributed by atoms with Gasteiger partial charge in [-0.1, -0.05) is 41.0 Å². The number of aromatic nitrogens is 3. The zero-order valence-corrected chi connectivity index (χ0v) is 17.2. The lowest BCUT2D eigenvalue weighted by atomic mass is 10.2. The molecule has 0 spiro atoms. The van der Waals surface area contributed by atoms with Gasteiger partial charge in [-0.3, -0.25) is 9.36 Å². The van der Waals surface area contributed by atoms with Crippen molar-refractivity contribution in [2.75, 3.05) is 11.1 Å². The van der Waals surface area contributed by atoms with Gasteiger partial charge in [0.05, 0.1) is 16.5 Å². The molecule has 0 unspecified atom stereocenters. The Morgan fingerprint density at radius 2 is 2.00 bits per heavy atom. The van der Waals surface area contributed by atoms with Crippen molar-refractivity contribution in [2.24, 2.45) is 0 Å². The molecule has 0 fully saturated rings. The van der Waals surface area contributed by atoms with Gasteiger partial charge in [-0.05, 0) is 30.3 Å². The molecule has 0 radical (unpaired) electrons. The molecule has 0 aliphatic carbocycles. The predicted molar refractivity (Wildman–Crippen MR) is 111 cm³/mol. The minimum absolute atomic E-state index is 0.0551. The van der Waals surface area contributed by atoms with Gasteiger partial charge >= 0.3 is 0 Å². The van der Waals surface area contributed by atoms with Crippen LogP contribution < -0.4 is 5.32 Å². The van der Waals surface area contributed by atoms with E-state index < -0.39 is 17.5 Å². The van der Waals surface area contributed by atoms with E-state index in [9.17, 15) is 13.6 Å². The van der Waals surface area contributed by atoms with Crippen LogP contribution in [-0.2, 0) is 11.3 Å². The topological polar surface area (TPSA) is 59.8 Å². The Bertz CT molecular complexity index is 1070. The van der Waals surface area contributed by atoms with Crippen LogP contribution in [0, 0.1) is 11.6 Å². The monoisotopic (exact) mass is 454 g/mol. The van der Waals surface area contributed by atoms with Crippen molar-refractivity contribution in [3.05, 3.63) is 70.7 Å². The molecule has 10 heteroatoms. The van der Waals surface area contributed by atoms with Crippen molar-refractivity contribution in [2.45, 2.75) is 11.7 Å². The lowest BCUT2D eigenvalue weighted by Crippen LogP contribution is -2.15. The minimum Gasteiger partial charge on any atom is -0.323 e. The summed E-state index contributed by atoms with van der Waals surface area (Å²) < 4.78 is 28.4. The summed E-state index contributed by atoms with van der Waals surface area (Å²) in [5.41, 5.74) is 0.535. The van der Waals surface area contributed by atoms with Crippen LogP contribution in [0.25, 0.3) is 11.4 Å². The number of anilines is 1. The molecule has 0 atom stereocenters. The summed E-state index contributed by atoms with van der Waals surface area (Å²) in [6.07, 6.45) is 1.66. The SMILES string of the molecule is C=CCn1c(SCC(=O)Nc2ccc(F)cc2F)nnc1-c1ccc(Cl)cc1Cl. The van der Waals surface area contributed by atoms with E-state index in [4.69, 9.17) is 23.2 Å². The van der Waals surface area contributed by atoms with Gasteiger partial charge in [0.2, 0.25) is 5.91 Å². The molecule has 1 heterocycles.